The van der Waals surface area contributed by atoms with Gasteiger partial charge >= 0.3 is 0 Å². The molecule has 1 N–H and O–H groups in total. The van der Waals surface area contributed by atoms with Crippen LogP contribution in [0.3, 0.4) is 0 Å². The summed E-state index contributed by atoms with van der Waals surface area (Å²) in [5.74, 6) is 0. The molecule has 0 atom stereocenters. The average molecular weight is 278 g/mol. The van der Waals surface area contributed by atoms with Crippen molar-refractivity contribution in [1.29, 1.82) is 0 Å². The summed E-state index contributed by atoms with van der Waals surface area (Å²) in [7, 11) is 0. The van der Waals surface area contributed by atoms with Gasteiger partial charge in [0.2, 0.25) is 0 Å². The minimum Gasteiger partial charge on any atom is -0.310 e. The summed E-state index contributed by atoms with van der Waals surface area (Å²) >= 11 is 2.98. The van der Waals surface area contributed by atoms with Crippen LogP contribution in [-0.2, 0) is 6.54 Å². The molecule has 2 aromatic rings. The number of hydrogen-bond donors (Lipinski definition) is 1. The molecule has 1 aliphatic carbocycles. The predicted molar refractivity (Wildman–Crippen MR) is 72.9 cm³/mol. The molecule has 4 nitrogen and oxygen atoms in total. The van der Waals surface area contributed by atoms with E-state index < -0.39 is 0 Å². The lowest BCUT2D eigenvalue weighted by atomic mass is 10.2. The van der Waals surface area contributed by atoms with Crippen molar-refractivity contribution in [2.75, 3.05) is 0 Å². The zero-order chi connectivity index (χ0) is 12.4. The van der Waals surface area contributed by atoms with E-state index in [1.54, 1.807) is 18.1 Å². The fraction of sp³-hybridized carbons (Fsp3) is 0.417. The van der Waals surface area contributed by atoms with Crippen LogP contribution in [0.1, 0.15) is 24.0 Å². The Morgan fingerprint density at radius 1 is 1.44 bits per heavy atom. The molecule has 0 unspecified atom stereocenters. The molecule has 0 amide bonds. The van der Waals surface area contributed by atoms with E-state index in [0.717, 1.165) is 22.0 Å². The van der Waals surface area contributed by atoms with Gasteiger partial charge in [-0.15, -0.1) is 0 Å². The van der Waals surface area contributed by atoms with Crippen molar-refractivity contribution in [3.05, 3.63) is 29.7 Å². The molecule has 0 bridgehead atoms. The molecule has 6 heteroatoms. The van der Waals surface area contributed by atoms with Gasteiger partial charge in [0.25, 0.3) is 0 Å². The summed E-state index contributed by atoms with van der Waals surface area (Å²) in [5.41, 5.74) is 2.45. The number of hydrogen-bond acceptors (Lipinski definition) is 6. The van der Waals surface area contributed by atoms with Gasteiger partial charge in [-0.05, 0) is 54.2 Å². The molecule has 1 aliphatic rings. The van der Waals surface area contributed by atoms with Gasteiger partial charge in [0.1, 0.15) is 11.4 Å². The van der Waals surface area contributed by atoms with E-state index in [2.05, 4.69) is 32.6 Å². The lowest BCUT2D eigenvalue weighted by molar-refractivity contribution is 0.684. The highest BCUT2D eigenvalue weighted by Crippen LogP contribution is 2.29. The maximum Gasteiger partial charge on any atom is 0.176 e. The lowest BCUT2D eigenvalue weighted by Gasteiger charge is -2.06. The highest BCUT2D eigenvalue weighted by Gasteiger charge is 2.20. The molecule has 3 rings (SSSR count). The zero-order valence-corrected chi connectivity index (χ0v) is 11.7. The fourth-order valence-corrected chi connectivity index (χ4v) is 3.05. The molecule has 0 aromatic carbocycles. The first-order chi connectivity index (χ1) is 8.81. The summed E-state index contributed by atoms with van der Waals surface area (Å²) < 4.78 is 4.93. The van der Waals surface area contributed by atoms with Gasteiger partial charge in [-0.1, -0.05) is 6.07 Å². The van der Waals surface area contributed by atoms with Gasteiger partial charge in [-0.2, -0.15) is 4.37 Å². The van der Waals surface area contributed by atoms with Crippen LogP contribution < -0.4 is 5.32 Å². The summed E-state index contributed by atoms with van der Waals surface area (Å²) in [5, 5.41) is 4.51. The molecule has 0 aliphatic heterocycles. The molecular formula is C12H14N4S2. The Morgan fingerprint density at radius 2 is 2.33 bits per heavy atom. The molecule has 18 heavy (non-hydrogen) atoms. The van der Waals surface area contributed by atoms with E-state index in [-0.39, 0.29) is 0 Å². The van der Waals surface area contributed by atoms with E-state index >= 15 is 0 Å². The molecule has 2 aromatic heterocycles. The maximum atomic E-state index is 4.51. The van der Waals surface area contributed by atoms with Crippen molar-refractivity contribution in [2.45, 2.75) is 41.7 Å². The highest BCUT2D eigenvalue weighted by atomic mass is 32.2. The van der Waals surface area contributed by atoms with Gasteiger partial charge in [0.15, 0.2) is 4.34 Å². The van der Waals surface area contributed by atoms with Crippen molar-refractivity contribution in [3.8, 4) is 0 Å². The summed E-state index contributed by atoms with van der Waals surface area (Å²) in [6.45, 7) is 3.01. The molecular weight excluding hydrogens is 264 g/mol. The molecule has 2 heterocycles. The molecule has 0 spiro atoms. The van der Waals surface area contributed by atoms with Crippen LogP contribution in [0.15, 0.2) is 28.0 Å². The minimum atomic E-state index is 0.737. The Balaban J connectivity index is 1.67. The molecule has 0 radical (unpaired) electrons. The van der Waals surface area contributed by atoms with Gasteiger partial charge in [-0.25, -0.2) is 9.97 Å². The fourth-order valence-electron chi connectivity index (χ4n) is 1.66. The van der Waals surface area contributed by atoms with Crippen LogP contribution in [0.4, 0.5) is 0 Å². The average Bonchev–Trinajstić information content (AvgIpc) is 3.06. The number of aryl methyl sites for hydroxylation is 1. The van der Waals surface area contributed by atoms with Crippen LogP contribution in [0.5, 0.6) is 0 Å². The van der Waals surface area contributed by atoms with E-state index in [4.69, 9.17) is 0 Å². The van der Waals surface area contributed by atoms with Crippen LogP contribution in [0.2, 0.25) is 0 Å². The predicted octanol–water partition coefficient (Wildman–Crippen LogP) is 2.64. The SMILES string of the molecule is Cc1cc(CNC2CC2)cnc1Sc1ncns1. The van der Waals surface area contributed by atoms with Crippen LogP contribution in [0, 0.1) is 6.92 Å². The van der Waals surface area contributed by atoms with Crippen LogP contribution in [0.25, 0.3) is 0 Å². The second-order valence-electron chi connectivity index (χ2n) is 4.43. The normalized spacial score (nSPS) is 14.9. The maximum absolute atomic E-state index is 4.51. The number of pyridine rings is 1. The zero-order valence-electron chi connectivity index (χ0n) is 10.1. The van der Waals surface area contributed by atoms with Gasteiger partial charge < -0.3 is 5.32 Å². The minimum absolute atomic E-state index is 0.737. The number of rotatable bonds is 5. The van der Waals surface area contributed by atoms with Crippen molar-refractivity contribution in [3.63, 3.8) is 0 Å². The van der Waals surface area contributed by atoms with Crippen LogP contribution >= 0.6 is 23.3 Å². The molecule has 94 valence electrons. The second kappa shape index (κ2) is 5.34. The van der Waals surface area contributed by atoms with Crippen molar-refractivity contribution in [2.24, 2.45) is 0 Å². The standard InChI is InChI=1S/C12H14N4S2/c1-8-4-9(5-13-10-2-3-10)6-14-11(8)17-12-15-7-16-18-12/h4,6-7,10,13H,2-3,5H2,1H3. The Kier molecular flexibility index (Phi) is 3.58. The monoisotopic (exact) mass is 278 g/mol. The largest absolute Gasteiger partial charge is 0.310 e. The number of aromatic nitrogens is 3. The summed E-state index contributed by atoms with van der Waals surface area (Å²) in [6.07, 6.45) is 6.16. The van der Waals surface area contributed by atoms with E-state index in [9.17, 15) is 0 Å². The highest BCUT2D eigenvalue weighted by molar-refractivity contribution is 8.00. The lowest BCUT2D eigenvalue weighted by Crippen LogP contribution is -2.15. The Morgan fingerprint density at radius 3 is 3.00 bits per heavy atom. The summed E-state index contributed by atoms with van der Waals surface area (Å²) in [4.78, 5) is 8.67. The molecule has 1 fully saturated rings. The number of nitrogens with one attached hydrogen (secondary N) is 1. The third kappa shape index (κ3) is 3.07. The third-order valence-corrected chi connectivity index (χ3v) is 4.62. The third-order valence-electron chi connectivity index (χ3n) is 2.78. The topological polar surface area (TPSA) is 50.7 Å². The molecule has 0 saturated heterocycles. The Labute approximate surface area is 114 Å². The second-order valence-corrected chi connectivity index (χ2v) is 6.45. The van der Waals surface area contributed by atoms with Gasteiger partial charge in [0.05, 0.1) is 0 Å². The first-order valence-electron chi connectivity index (χ1n) is 5.95. The van der Waals surface area contributed by atoms with E-state index in [1.165, 1.54) is 35.5 Å². The Hall–Kier alpha value is -0.980. The van der Waals surface area contributed by atoms with Crippen molar-refractivity contribution < 1.29 is 0 Å². The van der Waals surface area contributed by atoms with E-state index in [1.807, 2.05) is 6.20 Å². The van der Waals surface area contributed by atoms with Crippen LogP contribution in [-0.4, -0.2) is 20.4 Å². The van der Waals surface area contributed by atoms with E-state index in [0.29, 0.717) is 0 Å². The van der Waals surface area contributed by atoms with Gasteiger partial charge in [0, 0.05) is 18.8 Å². The van der Waals surface area contributed by atoms with Crippen molar-refractivity contribution >= 4 is 23.3 Å². The first-order valence-corrected chi connectivity index (χ1v) is 7.53. The molecule has 1 saturated carbocycles. The van der Waals surface area contributed by atoms with Gasteiger partial charge in [-0.3, -0.25) is 0 Å². The van der Waals surface area contributed by atoms with Crippen molar-refractivity contribution in [1.82, 2.24) is 19.7 Å². The quantitative estimate of drug-likeness (QED) is 0.911. The smallest absolute Gasteiger partial charge is 0.176 e. The summed E-state index contributed by atoms with van der Waals surface area (Å²) in [6, 6.07) is 2.94. The Bertz CT molecular complexity index is 523. The first kappa shape index (κ1) is 12.1. The number of nitrogens with zero attached hydrogens (tertiary/aromatic N) is 3.